The van der Waals surface area contributed by atoms with Crippen LogP contribution in [0, 0.1) is 0 Å². The van der Waals surface area contributed by atoms with Crippen LogP contribution in [0.2, 0.25) is 0 Å². The van der Waals surface area contributed by atoms with Gasteiger partial charge in [0.05, 0.1) is 10.2 Å². The molecule has 10 heteroatoms. The smallest absolute Gasteiger partial charge is 0.242 e. The van der Waals surface area contributed by atoms with Crippen LogP contribution in [0.5, 0.6) is 0 Å². The summed E-state index contributed by atoms with van der Waals surface area (Å²) in [7, 11) is 1.68. The highest BCUT2D eigenvalue weighted by molar-refractivity contribution is 9.10. The first-order valence-corrected chi connectivity index (χ1v) is 10.9. The zero-order valence-corrected chi connectivity index (χ0v) is 18.5. The average Bonchev–Trinajstić information content (AvgIpc) is 2.71. The Labute approximate surface area is 178 Å². The van der Waals surface area contributed by atoms with Crippen molar-refractivity contribution >= 4 is 54.8 Å². The van der Waals surface area contributed by atoms with Crippen LogP contribution in [-0.2, 0) is 10.0 Å². The highest BCUT2D eigenvalue weighted by Crippen LogP contribution is 2.29. The van der Waals surface area contributed by atoms with Gasteiger partial charge in [0.2, 0.25) is 16.0 Å². The molecule has 0 radical (unpaired) electrons. The summed E-state index contributed by atoms with van der Waals surface area (Å²) in [5.41, 5.74) is 2.28. The number of rotatable bonds is 7. The third kappa shape index (κ3) is 5.03. The molecule has 2 aromatic carbocycles. The third-order valence-corrected chi connectivity index (χ3v) is 6.11. The van der Waals surface area contributed by atoms with E-state index in [0.717, 1.165) is 11.4 Å². The van der Waals surface area contributed by atoms with Crippen molar-refractivity contribution in [2.75, 3.05) is 36.7 Å². The Morgan fingerprint density at radius 2 is 1.79 bits per heavy atom. The van der Waals surface area contributed by atoms with Gasteiger partial charge in [-0.2, -0.15) is 4.98 Å². The van der Waals surface area contributed by atoms with E-state index in [9.17, 15) is 8.42 Å². The van der Waals surface area contributed by atoms with Gasteiger partial charge in [-0.05, 0) is 53.3 Å². The summed E-state index contributed by atoms with van der Waals surface area (Å²) in [4.78, 5) is 10.9. The summed E-state index contributed by atoms with van der Waals surface area (Å²) in [5, 5.41) is 6.24. The van der Waals surface area contributed by atoms with E-state index in [0.29, 0.717) is 21.9 Å². The molecule has 1 aromatic heterocycles. The normalized spacial score (nSPS) is 11.2. The molecule has 3 rings (SSSR count). The predicted molar refractivity (Wildman–Crippen MR) is 120 cm³/mol. The molecule has 3 aromatic rings. The van der Waals surface area contributed by atoms with Crippen molar-refractivity contribution < 1.29 is 8.42 Å². The Morgan fingerprint density at radius 3 is 2.52 bits per heavy atom. The van der Waals surface area contributed by atoms with Gasteiger partial charge in [-0.15, -0.1) is 0 Å². The van der Waals surface area contributed by atoms with E-state index in [1.807, 2.05) is 43.3 Å². The van der Waals surface area contributed by atoms with Crippen molar-refractivity contribution in [1.82, 2.24) is 14.7 Å². The lowest BCUT2D eigenvalue weighted by Crippen LogP contribution is -2.19. The largest absolute Gasteiger partial charge is 0.378 e. The van der Waals surface area contributed by atoms with E-state index in [1.165, 1.54) is 13.1 Å². The van der Waals surface area contributed by atoms with Crippen LogP contribution in [0.15, 0.2) is 64.1 Å². The van der Waals surface area contributed by atoms with Crippen LogP contribution < -0.4 is 20.3 Å². The summed E-state index contributed by atoms with van der Waals surface area (Å²) in [6, 6.07) is 14.4. The highest BCUT2D eigenvalue weighted by atomic mass is 79.9. The maximum absolute atomic E-state index is 12.3. The molecule has 0 aliphatic rings. The second-order valence-corrected chi connectivity index (χ2v) is 9.00. The van der Waals surface area contributed by atoms with Gasteiger partial charge in [0.25, 0.3) is 0 Å². The molecule has 0 unspecified atom stereocenters. The Morgan fingerprint density at radius 1 is 1.03 bits per heavy atom. The fourth-order valence-electron chi connectivity index (χ4n) is 2.55. The molecule has 0 saturated carbocycles. The van der Waals surface area contributed by atoms with Crippen LogP contribution in [0.3, 0.4) is 0 Å². The van der Waals surface area contributed by atoms with Gasteiger partial charge in [-0.1, -0.05) is 18.2 Å². The minimum Gasteiger partial charge on any atom is -0.378 e. The molecule has 0 aliphatic heterocycles. The third-order valence-electron chi connectivity index (χ3n) is 4.06. The number of hydrogen-bond acceptors (Lipinski definition) is 7. The SMILES string of the molecule is CNS(=O)(=O)c1ccccc1Nc1nc(Nc2cccc(N(C)C)c2)ncc1Br. The first kappa shape index (κ1) is 21.0. The van der Waals surface area contributed by atoms with E-state index in [4.69, 9.17) is 0 Å². The van der Waals surface area contributed by atoms with Crippen molar-refractivity contribution in [3.05, 3.63) is 59.2 Å². The molecule has 29 heavy (non-hydrogen) atoms. The molecular formula is C19H21BrN6O2S. The highest BCUT2D eigenvalue weighted by Gasteiger charge is 2.17. The van der Waals surface area contributed by atoms with E-state index < -0.39 is 10.0 Å². The van der Waals surface area contributed by atoms with Crippen molar-refractivity contribution in [3.63, 3.8) is 0 Å². The second kappa shape index (κ2) is 8.76. The number of sulfonamides is 1. The lowest BCUT2D eigenvalue weighted by molar-refractivity contribution is 0.588. The van der Waals surface area contributed by atoms with Crippen LogP contribution >= 0.6 is 15.9 Å². The lowest BCUT2D eigenvalue weighted by atomic mass is 10.2. The number of hydrogen-bond donors (Lipinski definition) is 3. The molecule has 0 bridgehead atoms. The van der Waals surface area contributed by atoms with Gasteiger partial charge in [-0.25, -0.2) is 18.1 Å². The average molecular weight is 477 g/mol. The molecule has 0 saturated heterocycles. The molecule has 1 heterocycles. The number of anilines is 5. The van der Waals surface area contributed by atoms with Crippen molar-refractivity contribution in [2.24, 2.45) is 0 Å². The summed E-state index contributed by atoms with van der Waals surface area (Å²) in [6.07, 6.45) is 1.60. The van der Waals surface area contributed by atoms with Crippen molar-refractivity contribution in [3.8, 4) is 0 Å². The number of nitrogens with one attached hydrogen (secondary N) is 3. The van der Waals surface area contributed by atoms with Gasteiger partial charge in [0.1, 0.15) is 10.7 Å². The lowest BCUT2D eigenvalue weighted by Gasteiger charge is -2.15. The molecule has 8 nitrogen and oxygen atoms in total. The molecule has 152 valence electrons. The van der Waals surface area contributed by atoms with E-state index in [2.05, 4.69) is 41.3 Å². The van der Waals surface area contributed by atoms with Gasteiger partial charge in [0, 0.05) is 31.7 Å². The summed E-state index contributed by atoms with van der Waals surface area (Å²) in [6.45, 7) is 0. The van der Waals surface area contributed by atoms with E-state index in [-0.39, 0.29) is 4.90 Å². The molecule has 3 N–H and O–H groups in total. The summed E-state index contributed by atoms with van der Waals surface area (Å²) >= 11 is 3.41. The number of halogens is 1. The van der Waals surface area contributed by atoms with E-state index in [1.54, 1.807) is 24.4 Å². The van der Waals surface area contributed by atoms with Crippen molar-refractivity contribution in [1.29, 1.82) is 0 Å². The Kier molecular flexibility index (Phi) is 6.36. The maximum Gasteiger partial charge on any atom is 0.242 e. The zero-order valence-electron chi connectivity index (χ0n) is 16.1. The first-order chi connectivity index (χ1) is 13.8. The number of aromatic nitrogens is 2. The fourth-order valence-corrected chi connectivity index (χ4v) is 3.72. The van der Waals surface area contributed by atoms with Crippen molar-refractivity contribution in [2.45, 2.75) is 4.90 Å². The molecular weight excluding hydrogens is 456 g/mol. The first-order valence-electron chi connectivity index (χ1n) is 8.67. The Balaban J connectivity index is 1.91. The predicted octanol–water partition coefficient (Wildman–Crippen LogP) is 3.70. The summed E-state index contributed by atoms with van der Waals surface area (Å²) < 4.78 is 27.5. The fraction of sp³-hybridized carbons (Fsp3) is 0.158. The molecule has 0 fully saturated rings. The Bertz CT molecular complexity index is 1120. The number of para-hydroxylation sites is 1. The van der Waals surface area contributed by atoms with Gasteiger partial charge in [-0.3, -0.25) is 0 Å². The standard InChI is InChI=1S/C19H21BrN6O2S/c1-21-29(27,28)17-10-5-4-9-16(17)24-18-15(20)12-22-19(25-18)23-13-7-6-8-14(11-13)26(2)3/h4-12,21H,1-3H3,(H2,22,23,24,25). The molecule has 0 spiro atoms. The zero-order chi connectivity index (χ0) is 21.0. The number of benzene rings is 2. The topological polar surface area (TPSA) is 99.2 Å². The van der Waals surface area contributed by atoms with Crippen LogP contribution in [0.25, 0.3) is 0 Å². The molecule has 0 amide bonds. The monoisotopic (exact) mass is 476 g/mol. The van der Waals surface area contributed by atoms with Gasteiger partial charge >= 0.3 is 0 Å². The maximum atomic E-state index is 12.3. The molecule has 0 aliphatic carbocycles. The second-order valence-electron chi connectivity index (χ2n) is 6.29. The van der Waals surface area contributed by atoms with E-state index >= 15 is 0 Å². The quantitative estimate of drug-likeness (QED) is 0.477. The van der Waals surface area contributed by atoms with Crippen LogP contribution in [-0.4, -0.2) is 39.5 Å². The van der Waals surface area contributed by atoms with Crippen LogP contribution in [0.4, 0.5) is 28.8 Å². The minimum absolute atomic E-state index is 0.126. The number of nitrogens with zero attached hydrogens (tertiary/aromatic N) is 3. The minimum atomic E-state index is -3.62. The van der Waals surface area contributed by atoms with Gasteiger partial charge in [0.15, 0.2) is 0 Å². The van der Waals surface area contributed by atoms with Crippen LogP contribution in [0.1, 0.15) is 0 Å². The van der Waals surface area contributed by atoms with Gasteiger partial charge < -0.3 is 15.5 Å². The molecule has 0 atom stereocenters. The summed E-state index contributed by atoms with van der Waals surface area (Å²) in [5.74, 6) is 0.811. The Hall–Kier alpha value is -2.69.